The Balaban J connectivity index is 1.36. The maximum atomic E-state index is 12.5. The molecular weight excluding hydrogens is 418 g/mol. The molecule has 4 aromatic rings. The lowest BCUT2D eigenvalue weighted by Crippen LogP contribution is -2.32. The van der Waals surface area contributed by atoms with Gasteiger partial charge in [-0.2, -0.15) is 0 Å². The zero-order chi connectivity index (χ0) is 23.2. The highest BCUT2D eigenvalue weighted by molar-refractivity contribution is 5.99. The van der Waals surface area contributed by atoms with Crippen LogP contribution in [-0.2, 0) is 17.9 Å². The van der Waals surface area contributed by atoms with Gasteiger partial charge in [0.25, 0.3) is 5.56 Å². The number of hydrogen-bond acceptors (Lipinski definition) is 4. The predicted octanol–water partition coefficient (Wildman–Crippen LogP) is 3.67. The highest BCUT2D eigenvalue weighted by Crippen LogP contribution is 2.13. The molecule has 3 aromatic carbocycles. The molecule has 0 saturated carbocycles. The minimum absolute atomic E-state index is 0.112. The number of nitrogens with zero attached hydrogens (tertiary/aromatic N) is 2. The SMILES string of the molecule is Cc1cccc(NC(=O)Nc2cccc(CNC(=O)Cn3c(=O)cnc4ccccc43)c2)c1. The predicted molar refractivity (Wildman–Crippen MR) is 128 cm³/mol. The standard InChI is InChI=1S/C25H23N5O3/c1-17-6-4-8-19(12-17)28-25(33)29-20-9-5-7-18(13-20)14-27-23(31)16-30-22-11-3-2-10-21(22)26-15-24(30)32/h2-13,15H,14,16H2,1H3,(H,27,31)(H2,28,29,33). The van der Waals surface area contributed by atoms with Crippen molar-refractivity contribution in [2.24, 2.45) is 0 Å². The van der Waals surface area contributed by atoms with E-state index in [2.05, 4.69) is 20.9 Å². The summed E-state index contributed by atoms with van der Waals surface area (Å²) in [5.41, 5.74) is 4.07. The van der Waals surface area contributed by atoms with E-state index in [1.165, 1.54) is 10.8 Å². The number of nitrogens with one attached hydrogen (secondary N) is 3. The van der Waals surface area contributed by atoms with Crippen LogP contribution in [0.4, 0.5) is 16.2 Å². The van der Waals surface area contributed by atoms with Gasteiger partial charge in [-0.15, -0.1) is 0 Å². The number of carbonyl (C=O) groups is 2. The molecule has 3 N–H and O–H groups in total. The number of benzene rings is 3. The molecule has 166 valence electrons. The number of aromatic nitrogens is 2. The van der Waals surface area contributed by atoms with Crippen molar-refractivity contribution in [1.82, 2.24) is 14.9 Å². The van der Waals surface area contributed by atoms with Crippen LogP contribution < -0.4 is 21.5 Å². The van der Waals surface area contributed by atoms with Crippen LogP contribution in [0, 0.1) is 6.92 Å². The van der Waals surface area contributed by atoms with Crippen LogP contribution in [0.3, 0.4) is 0 Å². The number of hydrogen-bond donors (Lipinski definition) is 3. The molecule has 8 heteroatoms. The molecule has 4 rings (SSSR count). The molecule has 0 atom stereocenters. The lowest BCUT2D eigenvalue weighted by Gasteiger charge is -2.11. The Morgan fingerprint density at radius 1 is 0.909 bits per heavy atom. The number of rotatable bonds is 6. The van der Waals surface area contributed by atoms with Crippen LogP contribution in [0.5, 0.6) is 0 Å². The monoisotopic (exact) mass is 441 g/mol. The van der Waals surface area contributed by atoms with Crippen molar-refractivity contribution in [3.05, 3.63) is 100 Å². The van der Waals surface area contributed by atoms with Gasteiger partial charge in [0.15, 0.2) is 0 Å². The van der Waals surface area contributed by atoms with Crippen molar-refractivity contribution in [3.63, 3.8) is 0 Å². The van der Waals surface area contributed by atoms with E-state index in [9.17, 15) is 14.4 Å². The summed E-state index contributed by atoms with van der Waals surface area (Å²) in [5.74, 6) is -0.302. The molecule has 8 nitrogen and oxygen atoms in total. The molecule has 1 aromatic heterocycles. The summed E-state index contributed by atoms with van der Waals surface area (Å²) >= 11 is 0. The largest absolute Gasteiger partial charge is 0.350 e. The van der Waals surface area contributed by atoms with Gasteiger partial charge in [-0.1, -0.05) is 36.4 Å². The number of urea groups is 1. The van der Waals surface area contributed by atoms with Crippen LogP contribution in [-0.4, -0.2) is 21.5 Å². The normalized spacial score (nSPS) is 10.6. The number of amides is 3. The summed E-state index contributed by atoms with van der Waals surface area (Å²) in [5, 5.41) is 8.40. The van der Waals surface area contributed by atoms with Gasteiger partial charge in [-0.05, 0) is 54.4 Å². The highest BCUT2D eigenvalue weighted by Gasteiger charge is 2.09. The molecule has 3 amide bonds. The average Bonchev–Trinajstić information content (AvgIpc) is 2.80. The molecule has 0 aliphatic rings. The Morgan fingerprint density at radius 3 is 2.42 bits per heavy atom. The first-order chi connectivity index (χ1) is 16.0. The van der Waals surface area contributed by atoms with Gasteiger partial charge >= 0.3 is 6.03 Å². The molecule has 0 aliphatic heterocycles. The van der Waals surface area contributed by atoms with E-state index >= 15 is 0 Å². The Kier molecular flexibility index (Phi) is 6.45. The van der Waals surface area contributed by atoms with E-state index in [0.29, 0.717) is 22.4 Å². The van der Waals surface area contributed by atoms with Gasteiger partial charge in [-0.3, -0.25) is 14.2 Å². The molecule has 0 fully saturated rings. The zero-order valence-corrected chi connectivity index (χ0v) is 18.0. The van der Waals surface area contributed by atoms with Crippen LogP contribution in [0.2, 0.25) is 0 Å². The fraction of sp³-hybridized carbons (Fsp3) is 0.120. The van der Waals surface area contributed by atoms with Gasteiger partial charge in [-0.25, -0.2) is 9.78 Å². The number of fused-ring (bicyclic) bond motifs is 1. The molecule has 0 bridgehead atoms. The van der Waals surface area contributed by atoms with Crippen molar-refractivity contribution in [2.75, 3.05) is 10.6 Å². The maximum Gasteiger partial charge on any atom is 0.323 e. The van der Waals surface area contributed by atoms with E-state index < -0.39 is 0 Å². The zero-order valence-electron chi connectivity index (χ0n) is 18.0. The van der Waals surface area contributed by atoms with Crippen molar-refractivity contribution in [1.29, 1.82) is 0 Å². The van der Waals surface area contributed by atoms with Crippen molar-refractivity contribution >= 4 is 34.3 Å². The van der Waals surface area contributed by atoms with Crippen molar-refractivity contribution in [3.8, 4) is 0 Å². The quantitative estimate of drug-likeness (QED) is 0.425. The third-order valence-electron chi connectivity index (χ3n) is 5.00. The molecule has 0 saturated heterocycles. The summed E-state index contributed by atoms with van der Waals surface area (Å²) < 4.78 is 1.39. The minimum atomic E-state index is -0.356. The van der Waals surface area contributed by atoms with Crippen molar-refractivity contribution in [2.45, 2.75) is 20.0 Å². The topological polar surface area (TPSA) is 105 Å². The maximum absolute atomic E-state index is 12.5. The van der Waals surface area contributed by atoms with E-state index in [4.69, 9.17) is 0 Å². The molecule has 33 heavy (non-hydrogen) atoms. The molecule has 1 heterocycles. The van der Waals surface area contributed by atoms with Crippen LogP contribution in [0.25, 0.3) is 11.0 Å². The van der Waals surface area contributed by atoms with Gasteiger partial charge < -0.3 is 16.0 Å². The van der Waals surface area contributed by atoms with E-state index in [-0.39, 0.29) is 30.6 Å². The van der Waals surface area contributed by atoms with E-state index in [0.717, 1.165) is 11.1 Å². The lowest BCUT2D eigenvalue weighted by atomic mass is 10.2. The van der Waals surface area contributed by atoms with Crippen molar-refractivity contribution < 1.29 is 9.59 Å². The van der Waals surface area contributed by atoms with Gasteiger partial charge in [0.1, 0.15) is 6.54 Å². The number of anilines is 2. The Hall–Kier alpha value is -4.46. The lowest BCUT2D eigenvalue weighted by molar-refractivity contribution is -0.121. The second-order valence-corrected chi connectivity index (χ2v) is 7.60. The second-order valence-electron chi connectivity index (χ2n) is 7.60. The van der Waals surface area contributed by atoms with Gasteiger partial charge in [0.2, 0.25) is 5.91 Å². The first-order valence-electron chi connectivity index (χ1n) is 10.4. The van der Waals surface area contributed by atoms with Gasteiger partial charge in [0.05, 0.1) is 17.2 Å². The first kappa shape index (κ1) is 21.8. The molecular formula is C25H23N5O3. The van der Waals surface area contributed by atoms with E-state index in [1.807, 2.05) is 43.3 Å². The highest BCUT2D eigenvalue weighted by atomic mass is 16.2. The summed E-state index contributed by atoms with van der Waals surface area (Å²) in [4.78, 5) is 41.1. The molecule has 0 unspecified atom stereocenters. The number of carbonyl (C=O) groups excluding carboxylic acids is 2. The second kappa shape index (κ2) is 9.78. The molecule has 0 radical (unpaired) electrons. The fourth-order valence-corrected chi connectivity index (χ4v) is 3.45. The molecule has 0 spiro atoms. The van der Waals surface area contributed by atoms with Gasteiger partial charge in [0, 0.05) is 17.9 Å². The first-order valence-corrected chi connectivity index (χ1v) is 10.4. The average molecular weight is 441 g/mol. The Bertz CT molecular complexity index is 1380. The van der Waals surface area contributed by atoms with Crippen LogP contribution >= 0.6 is 0 Å². The summed E-state index contributed by atoms with van der Waals surface area (Å²) in [7, 11) is 0. The van der Waals surface area contributed by atoms with Crippen LogP contribution in [0.1, 0.15) is 11.1 Å². The van der Waals surface area contributed by atoms with Crippen LogP contribution in [0.15, 0.2) is 83.8 Å². The number of para-hydroxylation sites is 2. The van der Waals surface area contributed by atoms with E-state index in [1.54, 1.807) is 36.4 Å². The summed E-state index contributed by atoms with van der Waals surface area (Å²) in [6, 6.07) is 21.5. The molecule has 0 aliphatic carbocycles. The third-order valence-corrected chi connectivity index (χ3v) is 5.00. The fourth-order valence-electron chi connectivity index (χ4n) is 3.45. The smallest absolute Gasteiger partial charge is 0.323 e. The Labute approximate surface area is 190 Å². The minimum Gasteiger partial charge on any atom is -0.350 e. The number of aryl methyl sites for hydroxylation is 1. The summed E-state index contributed by atoms with van der Waals surface area (Å²) in [6.07, 6.45) is 1.21. The Morgan fingerprint density at radius 2 is 1.64 bits per heavy atom. The summed E-state index contributed by atoms with van der Waals surface area (Å²) in [6.45, 7) is 2.10. The third kappa shape index (κ3) is 5.62.